The van der Waals surface area contributed by atoms with Gasteiger partial charge in [0.25, 0.3) is 0 Å². The van der Waals surface area contributed by atoms with E-state index in [0.29, 0.717) is 37.2 Å². The average Bonchev–Trinajstić information content (AvgIpc) is 2.77. The monoisotopic (exact) mass is 282 g/mol. The maximum absolute atomic E-state index is 11.7. The number of aliphatic carboxylic acids is 1. The van der Waals surface area contributed by atoms with E-state index in [1.807, 2.05) is 0 Å². The number of nitrogens with zero attached hydrogens (tertiary/aromatic N) is 2. The molecule has 1 N–H and O–H groups in total. The van der Waals surface area contributed by atoms with Gasteiger partial charge in [0.1, 0.15) is 0 Å². The molecule has 0 radical (unpaired) electrons. The first-order valence-electron chi connectivity index (χ1n) is 6.10. The largest absolute Gasteiger partial charge is 0.481 e. The lowest BCUT2D eigenvalue weighted by atomic mass is 10.1. The van der Waals surface area contributed by atoms with Crippen molar-refractivity contribution in [2.75, 3.05) is 4.90 Å². The Kier molecular flexibility index (Phi) is 4.26. The standard InChI is InChI=1S/C12H14N2O4S/c15-9-4-2-5-10(16)14(9)12-13-8(7-19-12)3-1-6-11(17)18/h7H,1-6H2,(H,17,18). The van der Waals surface area contributed by atoms with Crippen molar-refractivity contribution >= 4 is 34.3 Å². The van der Waals surface area contributed by atoms with Crippen LogP contribution in [0.2, 0.25) is 0 Å². The number of anilines is 1. The Morgan fingerprint density at radius 1 is 1.37 bits per heavy atom. The highest BCUT2D eigenvalue weighted by Gasteiger charge is 2.29. The molecule has 1 fully saturated rings. The Bertz CT molecular complexity index is 496. The van der Waals surface area contributed by atoms with Crippen molar-refractivity contribution in [1.82, 2.24) is 4.98 Å². The van der Waals surface area contributed by atoms with E-state index in [1.165, 1.54) is 11.3 Å². The van der Waals surface area contributed by atoms with E-state index in [-0.39, 0.29) is 18.2 Å². The molecular weight excluding hydrogens is 268 g/mol. The number of carbonyl (C=O) groups is 3. The van der Waals surface area contributed by atoms with Crippen LogP contribution in [-0.2, 0) is 20.8 Å². The molecule has 0 bridgehead atoms. The molecule has 2 amide bonds. The zero-order valence-electron chi connectivity index (χ0n) is 10.3. The number of hydrogen-bond acceptors (Lipinski definition) is 5. The van der Waals surface area contributed by atoms with Crippen molar-refractivity contribution in [3.05, 3.63) is 11.1 Å². The minimum Gasteiger partial charge on any atom is -0.481 e. The van der Waals surface area contributed by atoms with Crippen LogP contribution in [0, 0.1) is 0 Å². The summed E-state index contributed by atoms with van der Waals surface area (Å²) in [5.41, 5.74) is 0.729. The zero-order valence-corrected chi connectivity index (χ0v) is 11.1. The fraction of sp³-hybridized carbons (Fsp3) is 0.500. The number of imide groups is 1. The molecule has 0 spiro atoms. The molecule has 0 aliphatic carbocycles. The highest BCUT2D eigenvalue weighted by Crippen LogP contribution is 2.26. The van der Waals surface area contributed by atoms with Gasteiger partial charge in [0.05, 0.1) is 5.69 Å². The Morgan fingerprint density at radius 3 is 2.68 bits per heavy atom. The number of carbonyl (C=O) groups excluding carboxylic acids is 2. The molecular formula is C12H14N2O4S. The normalized spacial score (nSPS) is 15.9. The second kappa shape index (κ2) is 5.92. The molecule has 0 unspecified atom stereocenters. The van der Waals surface area contributed by atoms with Crippen LogP contribution in [0.15, 0.2) is 5.38 Å². The number of rotatable bonds is 5. The van der Waals surface area contributed by atoms with Crippen LogP contribution >= 0.6 is 11.3 Å². The molecule has 6 nitrogen and oxygen atoms in total. The van der Waals surface area contributed by atoms with Crippen molar-refractivity contribution in [3.63, 3.8) is 0 Å². The SMILES string of the molecule is O=C(O)CCCc1csc(N2C(=O)CCCC2=O)n1. The van der Waals surface area contributed by atoms with Crippen molar-refractivity contribution < 1.29 is 19.5 Å². The predicted molar refractivity (Wildman–Crippen MR) is 69.0 cm³/mol. The average molecular weight is 282 g/mol. The first-order chi connectivity index (χ1) is 9.08. The quantitative estimate of drug-likeness (QED) is 0.829. The van der Waals surface area contributed by atoms with Gasteiger partial charge in [-0.1, -0.05) is 0 Å². The van der Waals surface area contributed by atoms with E-state index in [0.717, 1.165) is 10.6 Å². The van der Waals surface area contributed by atoms with E-state index >= 15 is 0 Å². The van der Waals surface area contributed by atoms with E-state index in [9.17, 15) is 14.4 Å². The Morgan fingerprint density at radius 2 is 2.05 bits per heavy atom. The number of aromatic nitrogens is 1. The summed E-state index contributed by atoms with van der Waals surface area (Å²) in [4.78, 5) is 39.2. The predicted octanol–water partition coefficient (Wildman–Crippen LogP) is 1.59. The molecule has 1 aliphatic heterocycles. The molecule has 7 heteroatoms. The van der Waals surface area contributed by atoms with Crippen LogP contribution < -0.4 is 4.90 Å². The third kappa shape index (κ3) is 3.37. The number of carboxylic acids is 1. The molecule has 102 valence electrons. The van der Waals surface area contributed by atoms with Gasteiger partial charge in [-0.2, -0.15) is 0 Å². The fourth-order valence-electron chi connectivity index (χ4n) is 1.90. The topological polar surface area (TPSA) is 87.6 Å². The number of piperidine rings is 1. The smallest absolute Gasteiger partial charge is 0.303 e. The number of aryl methyl sites for hydroxylation is 1. The first kappa shape index (κ1) is 13.7. The van der Waals surface area contributed by atoms with Crippen molar-refractivity contribution in [2.45, 2.75) is 38.5 Å². The lowest BCUT2D eigenvalue weighted by Crippen LogP contribution is -2.40. The summed E-state index contributed by atoms with van der Waals surface area (Å²) in [5, 5.41) is 10.7. The number of thiazole rings is 1. The molecule has 2 heterocycles. The van der Waals surface area contributed by atoms with E-state index < -0.39 is 5.97 Å². The molecule has 1 aliphatic rings. The van der Waals surface area contributed by atoms with Crippen molar-refractivity contribution in [2.24, 2.45) is 0 Å². The molecule has 1 aromatic heterocycles. The molecule has 19 heavy (non-hydrogen) atoms. The number of hydrogen-bond donors (Lipinski definition) is 1. The molecule has 0 atom stereocenters. The summed E-state index contributed by atoms with van der Waals surface area (Å²) >= 11 is 1.25. The lowest BCUT2D eigenvalue weighted by Gasteiger charge is -2.21. The maximum atomic E-state index is 11.7. The summed E-state index contributed by atoms with van der Waals surface area (Å²) in [6, 6.07) is 0. The highest BCUT2D eigenvalue weighted by atomic mass is 32.1. The van der Waals surface area contributed by atoms with Crippen LogP contribution in [0.1, 0.15) is 37.8 Å². The van der Waals surface area contributed by atoms with Crippen LogP contribution in [0.3, 0.4) is 0 Å². The summed E-state index contributed by atoms with van der Waals surface area (Å²) in [7, 11) is 0. The number of amides is 2. The molecule has 1 aromatic rings. The van der Waals surface area contributed by atoms with Crippen LogP contribution in [0.5, 0.6) is 0 Å². The lowest BCUT2D eigenvalue weighted by molar-refractivity contribution is -0.137. The minimum absolute atomic E-state index is 0.0917. The Hall–Kier alpha value is -1.76. The maximum Gasteiger partial charge on any atom is 0.303 e. The fourth-order valence-corrected chi connectivity index (χ4v) is 2.79. The summed E-state index contributed by atoms with van der Waals surface area (Å²) in [5.74, 6) is -1.25. The number of carboxylic acid groups (broad SMARTS) is 1. The highest BCUT2D eigenvalue weighted by molar-refractivity contribution is 7.14. The summed E-state index contributed by atoms with van der Waals surface area (Å²) in [6.45, 7) is 0. The second-order valence-electron chi connectivity index (χ2n) is 4.35. The minimum atomic E-state index is -0.836. The first-order valence-corrected chi connectivity index (χ1v) is 6.98. The third-order valence-electron chi connectivity index (χ3n) is 2.83. The second-order valence-corrected chi connectivity index (χ2v) is 5.18. The van der Waals surface area contributed by atoms with Gasteiger partial charge >= 0.3 is 5.97 Å². The van der Waals surface area contributed by atoms with Gasteiger partial charge in [-0.15, -0.1) is 11.3 Å². The molecule has 1 saturated heterocycles. The van der Waals surface area contributed by atoms with Gasteiger partial charge < -0.3 is 5.11 Å². The van der Waals surface area contributed by atoms with Crippen molar-refractivity contribution in [1.29, 1.82) is 0 Å². The van der Waals surface area contributed by atoms with E-state index in [1.54, 1.807) is 5.38 Å². The zero-order chi connectivity index (χ0) is 13.8. The van der Waals surface area contributed by atoms with Gasteiger partial charge in [0, 0.05) is 24.6 Å². The molecule has 2 rings (SSSR count). The van der Waals surface area contributed by atoms with Gasteiger partial charge in [0.15, 0.2) is 5.13 Å². The Balaban J connectivity index is 2.01. The van der Waals surface area contributed by atoms with E-state index in [4.69, 9.17) is 5.11 Å². The van der Waals surface area contributed by atoms with Crippen LogP contribution in [0.25, 0.3) is 0 Å². The van der Waals surface area contributed by atoms with Gasteiger partial charge in [-0.05, 0) is 19.3 Å². The van der Waals surface area contributed by atoms with Crippen LogP contribution in [-0.4, -0.2) is 27.9 Å². The third-order valence-corrected chi connectivity index (χ3v) is 3.71. The summed E-state index contributed by atoms with van der Waals surface area (Å²) in [6.07, 6.45) is 2.48. The molecule has 0 aromatic carbocycles. The van der Waals surface area contributed by atoms with Gasteiger partial charge in [-0.25, -0.2) is 9.88 Å². The van der Waals surface area contributed by atoms with Crippen molar-refractivity contribution in [3.8, 4) is 0 Å². The molecule has 0 saturated carbocycles. The van der Waals surface area contributed by atoms with Crippen LogP contribution in [0.4, 0.5) is 5.13 Å². The van der Waals surface area contributed by atoms with E-state index in [2.05, 4.69) is 4.98 Å². The Labute approximate surface area is 114 Å². The summed E-state index contributed by atoms with van der Waals surface area (Å²) < 4.78 is 0. The van der Waals surface area contributed by atoms with Gasteiger partial charge in [0.2, 0.25) is 11.8 Å². The van der Waals surface area contributed by atoms with Gasteiger partial charge in [-0.3, -0.25) is 14.4 Å².